The molecule has 27 heavy (non-hydrogen) atoms. The fourth-order valence-electron chi connectivity index (χ4n) is 2.06. The van der Waals surface area contributed by atoms with Gasteiger partial charge >= 0.3 is 12.1 Å². The number of esters is 1. The number of ether oxygens (including phenoxy) is 2. The quantitative estimate of drug-likeness (QED) is 0.317. The van der Waals surface area contributed by atoms with E-state index in [9.17, 15) is 14.7 Å². The number of amides is 1. The second-order valence-corrected chi connectivity index (χ2v) is 6.82. The number of aliphatic hydroxyl groups is 2. The Bertz CT molecular complexity index is 630. The summed E-state index contributed by atoms with van der Waals surface area (Å²) in [6.45, 7) is 5.81. The summed E-state index contributed by atoms with van der Waals surface area (Å²) in [5, 5.41) is 27.2. The lowest BCUT2D eigenvalue weighted by atomic mass is 10.1. The molecule has 0 aliphatic carbocycles. The molecule has 0 saturated heterocycles. The lowest BCUT2D eigenvalue weighted by Crippen LogP contribution is -2.35. The average Bonchev–Trinajstić information content (AvgIpc) is 2.61. The highest BCUT2D eigenvalue weighted by Gasteiger charge is 2.15. The van der Waals surface area contributed by atoms with E-state index in [-0.39, 0.29) is 13.2 Å². The molecule has 1 atom stereocenters. The van der Waals surface area contributed by atoms with Gasteiger partial charge in [-0.05, 0) is 39.0 Å². The van der Waals surface area contributed by atoms with E-state index in [4.69, 9.17) is 14.6 Å². The normalized spacial score (nSPS) is 12.1. The van der Waals surface area contributed by atoms with Crippen molar-refractivity contribution in [2.75, 3.05) is 44.0 Å². The van der Waals surface area contributed by atoms with E-state index in [1.165, 1.54) is 7.11 Å². The number of alkyl carbamates (subject to hydrolysis) is 1. The van der Waals surface area contributed by atoms with Crippen molar-refractivity contribution in [3.63, 3.8) is 0 Å². The minimum atomic E-state index is -0.937. The molecule has 1 aromatic rings. The smallest absolute Gasteiger partial charge is 0.407 e. The highest BCUT2D eigenvalue weighted by atomic mass is 16.6. The summed E-state index contributed by atoms with van der Waals surface area (Å²) in [5.74, 6) is -0.487. The van der Waals surface area contributed by atoms with Crippen molar-refractivity contribution in [2.24, 2.45) is 0 Å². The number of benzene rings is 1. The third-order valence-electron chi connectivity index (χ3n) is 3.29. The summed E-state index contributed by atoms with van der Waals surface area (Å²) in [6, 6.07) is 4.87. The first-order valence-electron chi connectivity index (χ1n) is 8.62. The highest BCUT2D eigenvalue weighted by molar-refractivity contribution is 5.92. The molecule has 0 heterocycles. The summed E-state index contributed by atoms with van der Waals surface area (Å²) in [7, 11) is 1.29. The van der Waals surface area contributed by atoms with Gasteiger partial charge in [0.1, 0.15) is 5.60 Å². The molecule has 152 valence electrons. The van der Waals surface area contributed by atoms with Crippen LogP contribution in [0, 0.1) is 0 Å². The Morgan fingerprint density at radius 3 is 2.44 bits per heavy atom. The molecule has 9 nitrogen and oxygen atoms in total. The van der Waals surface area contributed by atoms with E-state index in [1.54, 1.807) is 39.0 Å². The monoisotopic (exact) mass is 383 g/mol. The minimum absolute atomic E-state index is 0.103. The number of carbonyl (C=O) groups is 2. The van der Waals surface area contributed by atoms with Crippen LogP contribution in [0.5, 0.6) is 0 Å². The fourth-order valence-corrected chi connectivity index (χ4v) is 2.06. The van der Waals surface area contributed by atoms with Crippen LogP contribution in [0.15, 0.2) is 18.2 Å². The standard InChI is InChI=1S/C18H29N3O6/c1-18(2,3)27-17(25)20-8-7-19-14-6-5-12(16(24)26-4)9-15(14)21-10-13(23)11-22/h5-6,9,13,19,21-23H,7-8,10-11H2,1-4H3,(H,20,25). The zero-order valence-electron chi connectivity index (χ0n) is 16.2. The second kappa shape index (κ2) is 10.6. The molecule has 0 spiro atoms. The molecular weight excluding hydrogens is 354 g/mol. The van der Waals surface area contributed by atoms with Crippen molar-refractivity contribution in [3.05, 3.63) is 23.8 Å². The molecule has 0 aliphatic heterocycles. The molecule has 0 saturated carbocycles. The lowest BCUT2D eigenvalue weighted by molar-refractivity contribution is 0.0528. The van der Waals surface area contributed by atoms with Gasteiger partial charge < -0.3 is 35.6 Å². The van der Waals surface area contributed by atoms with Crippen LogP contribution < -0.4 is 16.0 Å². The van der Waals surface area contributed by atoms with E-state index < -0.39 is 23.8 Å². The first-order valence-corrected chi connectivity index (χ1v) is 8.62. The number of aliphatic hydroxyl groups excluding tert-OH is 2. The summed E-state index contributed by atoms with van der Waals surface area (Å²) in [6.07, 6.45) is -1.44. The highest BCUT2D eigenvalue weighted by Crippen LogP contribution is 2.23. The number of anilines is 2. The van der Waals surface area contributed by atoms with Crippen LogP contribution in [0.3, 0.4) is 0 Å². The summed E-state index contributed by atoms with van der Waals surface area (Å²) in [4.78, 5) is 23.3. The van der Waals surface area contributed by atoms with Crippen LogP contribution in [0.2, 0.25) is 0 Å². The SMILES string of the molecule is COC(=O)c1ccc(NCCNC(=O)OC(C)(C)C)c(NCC(O)CO)c1. The molecule has 1 unspecified atom stereocenters. The average molecular weight is 383 g/mol. The Hall–Kier alpha value is -2.52. The first-order chi connectivity index (χ1) is 12.7. The van der Waals surface area contributed by atoms with Crippen LogP contribution in [0.4, 0.5) is 16.2 Å². The number of methoxy groups -OCH3 is 1. The lowest BCUT2D eigenvalue weighted by Gasteiger charge is -2.20. The maximum atomic E-state index is 11.7. The molecule has 0 radical (unpaired) electrons. The molecule has 0 bridgehead atoms. The Morgan fingerprint density at radius 1 is 1.15 bits per heavy atom. The predicted octanol–water partition coefficient (Wildman–Crippen LogP) is 1.17. The first kappa shape index (κ1) is 22.5. The van der Waals surface area contributed by atoms with Crippen molar-refractivity contribution >= 4 is 23.4 Å². The Morgan fingerprint density at radius 2 is 1.85 bits per heavy atom. The number of carbonyl (C=O) groups excluding carboxylic acids is 2. The maximum Gasteiger partial charge on any atom is 0.407 e. The van der Waals surface area contributed by atoms with E-state index in [1.807, 2.05) is 0 Å². The van der Waals surface area contributed by atoms with E-state index >= 15 is 0 Å². The predicted molar refractivity (Wildman–Crippen MR) is 102 cm³/mol. The van der Waals surface area contributed by atoms with Gasteiger partial charge in [-0.3, -0.25) is 0 Å². The van der Waals surface area contributed by atoms with Gasteiger partial charge in [0.15, 0.2) is 0 Å². The Labute approximate surface area is 159 Å². The number of hydrogen-bond acceptors (Lipinski definition) is 8. The summed E-state index contributed by atoms with van der Waals surface area (Å²) in [5.41, 5.74) is 1.00. The van der Waals surface area contributed by atoms with Crippen molar-refractivity contribution in [1.82, 2.24) is 5.32 Å². The number of rotatable bonds is 9. The molecule has 0 aliphatic rings. The van der Waals surface area contributed by atoms with Gasteiger partial charge in [-0.25, -0.2) is 9.59 Å². The fraction of sp³-hybridized carbons (Fsp3) is 0.556. The number of hydrogen-bond donors (Lipinski definition) is 5. The molecular formula is C18H29N3O6. The summed E-state index contributed by atoms with van der Waals surface area (Å²) < 4.78 is 9.86. The maximum absolute atomic E-state index is 11.7. The van der Waals surface area contributed by atoms with E-state index in [2.05, 4.69) is 16.0 Å². The molecule has 1 rings (SSSR count). The molecule has 0 fully saturated rings. The molecule has 0 aromatic heterocycles. The zero-order chi connectivity index (χ0) is 20.4. The van der Waals surface area contributed by atoms with E-state index in [0.717, 1.165) is 0 Å². The third-order valence-corrected chi connectivity index (χ3v) is 3.29. The van der Waals surface area contributed by atoms with Gasteiger partial charge in [-0.2, -0.15) is 0 Å². The molecule has 1 aromatic carbocycles. The summed E-state index contributed by atoms with van der Waals surface area (Å²) >= 11 is 0. The van der Waals surface area contributed by atoms with Gasteiger partial charge in [0.05, 0.1) is 36.8 Å². The van der Waals surface area contributed by atoms with Gasteiger partial charge in [0, 0.05) is 19.6 Å². The van der Waals surface area contributed by atoms with Crippen LogP contribution >= 0.6 is 0 Å². The largest absolute Gasteiger partial charge is 0.465 e. The van der Waals surface area contributed by atoms with Gasteiger partial charge in [0.25, 0.3) is 0 Å². The van der Waals surface area contributed by atoms with Gasteiger partial charge in [-0.15, -0.1) is 0 Å². The molecule has 5 N–H and O–H groups in total. The number of nitrogens with one attached hydrogen (secondary N) is 3. The third kappa shape index (κ3) is 8.61. The van der Waals surface area contributed by atoms with E-state index in [0.29, 0.717) is 30.0 Å². The second-order valence-electron chi connectivity index (χ2n) is 6.82. The van der Waals surface area contributed by atoms with Crippen molar-refractivity contribution in [2.45, 2.75) is 32.5 Å². The minimum Gasteiger partial charge on any atom is -0.465 e. The van der Waals surface area contributed by atoms with Crippen LogP contribution in [0.1, 0.15) is 31.1 Å². The van der Waals surface area contributed by atoms with Crippen LogP contribution in [-0.2, 0) is 9.47 Å². The van der Waals surface area contributed by atoms with Crippen molar-refractivity contribution in [1.29, 1.82) is 0 Å². The van der Waals surface area contributed by atoms with Crippen molar-refractivity contribution < 1.29 is 29.3 Å². The molecule has 1 amide bonds. The molecule has 9 heteroatoms. The van der Waals surface area contributed by atoms with Gasteiger partial charge in [-0.1, -0.05) is 0 Å². The van der Waals surface area contributed by atoms with Crippen LogP contribution in [0.25, 0.3) is 0 Å². The van der Waals surface area contributed by atoms with Crippen molar-refractivity contribution in [3.8, 4) is 0 Å². The van der Waals surface area contributed by atoms with Gasteiger partial charge in [0.2, 0.25) is 0 Å². The Balaban J connectivity index is 2.68. The van der Waals surface area contributed by atoms with Crippen LogP contribution in [-0.4, -0.2) is 67.3 Å². The topological polar surface area (TPSA) is 129 Å². The zero-order valence-corrected chi connectivity index (χ0v) is 16.2. The Kier molecular flexibility index (Phi) is 8.83.